The third-order valence-corrected chi connectivity index (χ3v) is 4.80. The molecule has 0 spiro atoms. The summed E-state index contributed by atoms with van der Waals surface area (Å²) in [6.07, 6.45) is 0. The van der Waals surface area contributed by atoms with E-state index >= 15 is 0 Å². The number of aryl methyl sites for hydroxylation is 1. The van der Waals surface area contributed by atoms with Crippen molar-refractivity contribution in [3.8, 4) is 22.8 Å². The normalized spacial score (nSPS) is 10.5. The van der Waals surface area contributed by atoms with Gasteiger partial charge in [0.15, 0.2) is 11.5 Å². The maximum atomic E-state index is 12.4. The van der Waals surface area contributed by atoms with Crippen LogP contribution in [0.1, 0.15) is 5.56 Å². The van der Waals surface area contributed by atoms with E-state index in [0.717, 1.165) is 20.3 Å². The van der Waals surface area contributed by atoms with E-state index in [1.54, 1.807) is 38.5 Å². The number of benzene rings is 2. The predicted octanol–water partition coefficient (Wildman–Crippen LogP) is 3.64. The molecule has 7 nitrogen and oxygen atoms in total. The first kappa shape index (κ1) is 20.6. The number of hydrogen-bond acceptors (Lipinski definition) is 5. The Morgan fingerprint density at radius 3 is 2.52 bits per heavy atom. The Morgan fingerprint density at radius 1 is 1.07 bits per heavy atom. The number of ether oxygens (including phenoxy) is 2. The second-order valence-corrected chi connectivity index (χ2v) is 7.21. The van der Waals surface area contributed by atoms with Gasteiger partial charge in [0.1, 0.15) is 6.54 Å². The lowest BCUT2D eigenvalue weighted by Gasteiger charge is -2.11. The molecule has 0 saturated carbocycles. The molecule has 1 N–H and O–H groups in total. The van der Waals surface area contributed by atoms with Crippen molar-refractivity contribution in [1.82, 2.24) is 9.78 Å². The van der Waals surface area contributed by atoms with E-state index in [2.05, 4.69) is 26.3 Å². The number of carbonyl (C=O) groups is 1. The van der Waals surface area contributed by atoms with Gasteiger partial charge >= 0.3 is 0 Å². The second-order valence-electron chi connectivity index (χ2n) is 6.29. The van der Waals surface area contributed by atoms with Gasteiger partial charge in [-0.1, -0.05) is 15.9 Å². The first-order valence-electron chi connectivity index (χ1n) is 8.78. The summed E-state index contributed by atoms with van der Waals surface area (Å²) in [4.78, 5) is 24.6. The van der Waals surface area contributed by atoms with Crippen molar-refractivity contribution >= 4 is 27.5 Å². The molecule has 1 amide bonds. The van der Waals surface area contributed by atoms with Crippen LogP contribution >= 0.6 is 15.9 Å². The highest BCUT2D eigenvalue weighted by Crippen LogP contribution is 2.31. The Kier molecular flexibility index (Phi) is 6.33. The Morgan fingerprint density at radius 2 is 1.83 bits per heavy atom. The molecule has 0 atom stereocenters. The molecule has 0 radical (unpaired) electrons. The Balaban J connectivity index is 1.84. The van der Waals surface area contributed by atoms with Gasteiger partial charge in [-0.2, -0.15) is 5.10 Å². The molecule has 150 valence electrons. The molecule has 0 saturated heterocycles. The van der Waals surface area contributed by atoms with Crippen LogP contribution in [-0.2, 0) is 11.3 Å². The van der Waals surface area contributed by atoms with Crippen LogP contribution in [-0.4, -0.2) is 29.9 Å². The van der Waals surface area contributed by atoms with Crippen LogP contribution in [0, 0.1) is 6.92 Å². The van der Waals surface area contributed by atoms with Gasteiger partial charge in [-0.3, -0.25) is 9.59 Å². The van der Waals surface area contributed by atoms with Crippen LogP contribution in [0.2, 0.25) is 0 Å². The zero-order chi connectivity index (χ0) is 21.0. The van der Waals surface area contributed by atoms with Gasteiger partial charge < -0.3 is 14.8 Å². The van der Waals surface area contributed by atoms with Gasteiger partial charge in [-0.25, -0.2) is 4.68 Å². The van der Waals surface area contributed by atoms with E-state index in [-0.39, 0.29) is 18.0 Å². The molecule has 0 bridgehead atoms. The molecule has 0 aliphatic carbocycles. The Hall–Kier alpha value is -3.13. The lowest BCUT2D eigenvalue weighted by Crippen LogP contribution is -2.29. The molecule has 3 aromatic rings. The molecule has 0 unspecified atom stereocenters. The SMILES string of the molecule is COc1ccc(-c2ccc(=O)n(CC(=O)Nc3ccc(Br)cc3C)n2)cc1OC. The van der Waals surface area contributed by atoms with Crippen LogP contribution in [0.4, 0.5) is 5.69 Å². The third kappa shape index (κ3) is 4.83. The van der Waals surface area contributed by atoms with E-state index in [9.17, 15) is 9.59 Å². The van der Waals surface area contributed by atoms with Crippen molar-refractivity contribution in [2.45, 2.75) is 13.5 Å². The summed E-state index contributed by atoms with van der Waals surface area (Å²) in [7, 11) is 3.10. The molecular weight excluding hydrogens is 438 g/mol. The molecule has 8 heteroatoms. The molecule has 1 aromatic heterocycles. The highest BCUT2D eigenvalue weighted by molar-refractivity contribution is 9.10. The summed E-state index contributed by atoms with van der Waals surface area (Å²) >= 11 is 3.39. The standard InChI is InChI=1S/C21H20BrN3O4/c1-13-10-15(22)5-6-16(13)23-20(26)12-25-21(27)9-7-17(24-25)14-4-8-18(28-2)19(11-14)29-3/h4-11H,12H2,1-3H3,(H,23,26). The van der Waals surface area contributed by atoms with E-state index in [1.165, 1.54) is 6.07 Å². The van der Waals surface area contributed by atoms with Crippen molar-refractivity contribution in [2.24, 2.45) is 0 Å². The number of anilines is 1. The number of nitrogens with one attached hydrogen (secondary N) is 1. The molecule has 0 aliphatic heterocycles. The van der Waals surface area contributed by atoms with Crippen LogP contribution < -0.4 is 20.3 Å². The number of nitrogens with zero attached hydrogens (tertiary/aromatic N) is 2. The lowest BCUT2D eigenvalue weighted by atomic mass is 10.1. The van der Waals surface area contributed by atoms with E-state index in [1.807, 2.05) is 25.1 Å². The van der Waals surface area contributed by atoms with E-state index in [0.29, 0.717) is 22.9 Å². The fraction of sp³-hybridized carbons (Fsp3) is 0.190. The summed E-state index contributed by atoms with van der Waals surface area (Å²) in [5.41, 5.74) is 2.50. The summed E-state index contributed by atoms with van der Waals surface area (Å²) in [5, 5.41) is 7.14. The van der Waals surface area contributed by atoms with Crippen molar-refractivity contribution in [1.29, 1.82) is 0 Å². The highest BCUT2D eigenvalue weighted by Gasteiger charge is 2.11. The zero-order valence-electron chi connectivity index (χ0n) is 16.2. The molecule has 2 aromatic carbocycles. The number of methoxy groups -OCH3 is 2. The second kappa shape index (κ2) is 8.91. The summed E-state index contributed by atoms with van der Waals surface area (Å²) in [6.45, 7) is 1.69. The van der Waals surface area contributed by atoms with E-state index in [4.69, 9.17) is 9.47 Å². The largest absolute Gasteiger partial charge is 0.493 e. The molecule has 0 fully saturated rings. The maximum absolute atomic E-state index is 12.4. The summed E-state index contributed by atoms with van der Waals surface area (Å²) in [6, 6.07) is 13.9. The van der Waals surface area contributed by atoms with Crippen LogP contribution in [0.15, 0.2) is 57.8 Å². The molecule has 29 heavy (non-hydrogen) atoms. The average molecular weight is 458 g/mol. The van der Waals surface area contributed by atoms with Crippen LogP contribution in [0.25, 0.3) is 11.3 Å². The number of carbonyl (C=O) groups excluding carboxylic acids is 1. The highest BCUT2D eigenvalue weighted by atomic mass is 79.9. The zero-order valence-corrected chi connectivity index (χ0v) is 17.8. The summed E-state index contributed by atoms with van der Waals surface area (Å²) < 4.78 is 12.6. The van der Waals surface area contributed by atoms with Gasteiger partial charge in [-0.05, 0) is 55.0 Å². The van der Waals surface area contributed by atoms with Crippen LogP contribution in [0.5, 0.6) is 11.5 Å². The van der Waals surface area contributed by atoms with Crippen molar-refractivity contribution < 1.29 is 14.3 Å². The molecule has 3 rings (SSSR count). The molecular formula is C21H20BrN3O4. The van der Waals surface area contributed by atoms with Crippen molar-refractivity contribution in [3.05, 3.63) is 68.9 Å². The predicted molar refractivity (Wildman–Crippen MR) is 115 cm³/mol. The number of aromatic nitrogens is 2. The minimum Gasteiger partial charge on any atom is -0.493 e. The maximum Gasteiger partial charge on any atom is 0.267 e. The van der Waals surface area contributed by atoms with E-state index < -0.39 is 0 Å². The molecule has 0 aliphatic rings. The Labute approximate surface area is 176 Å². The first-order valence-corrected chi connectivity index (χ1v) is 9.57. The topological polar surface area (TPSA) is 82.5 Å². The van der Waals surface area contributed by atoms with Gasteiger partial charge in [0.05, 0.1) is 19.9 Å². The minimum absolute atomic E-state index is 0.199. The van der Waals surface area contributed by atoms with Crippen LogP contribution in [0.3, 0.4) is 0 Å². The molecule has 1 heterocycles. The lowest BCUT2D eigenvalue weighted by molar-refractivity contribution is -0.117. The van der Waals surface area contributed by atoms with Gasteiger partial charge in [0, 0.05) is 21.8 Å². The quantitative estimate of drug-likeness (QED) is 0.610. The third-order valence-electron chi connectivity index (χ3n) is 4.30. The average Bonchev–Trinajstić information content (AvgIpc) is 2.71. The minimum atomic E-state index is -0.364. The number of amides is 1. The number of rotatable bonds is 6. The fourth-order valence-electron chi connectivity index (χ4n) is 2.80. The van der Waals surface area contributed by atoms with Crippen molar-refractivity contribution in [2.75, 3.05) is 19.5 Å². The number of halogens is 1. The van der Waals surface area contributed by atoms with Crippen molar-refractivity contribution in [3.63, 3.8) is 0 Å². The summed E-state index contributed by atoms with van der Waals surface area (Å²) in [5.74, 6) is 0.802. The van der Waals surface area contributed by atoms with Gasteiger partial charge in [0.2, 0.25) is 5.91 Å². The van der Waals surface area contributed by atoms with Gasteiger partial charge in [0.25, 0.3) is 5.56 Å². The fourth-order valence-corrected chi connectivity index (χ4v) is 3.28. The smallest absolute Gasteiger partial charge is 0.267 e. The first-order chi connectivity index (χ1) is 13.9. The monoisotopic (exact) mass is 457 g/mol. The van der Waals surface area contributed by atoms with Gasteiger partial charge in [-0.15, -0.1) is 0 Å². The Bertz CT molecular complexity index is 1110. The number of hydrogen-bond donors (Lipinski definition) is 1.